The van der Waals surface area contributed by atoms with Crippen molar-refractivity contribution in [3.63, 3.8) is 0 Å². The van der Waals surface area contributed by atoms with Gasteiger partial charge in [-0.2, -0.15) is 11.3 Å². The van der Waals surface area contributed by atoms with Gasteiger partial charge in [-0.1, -0.05) is 6.42 Å². The number of hydrogen-bond donors (Lipinski definition) is 1. The molecule has 2 heterocycles. The van der Waals surface area contributed by atoms with Gasteiger partial charge in [-0.15, -0.1) is 0 Å². The molecule has 94 valence electrons. The van der Waals surface area contributed by atoms with E-state index in [2.05, 4.69) is 21.7 Å². The van der Waals surface area contributed by atoms with Gasteiger partial charge >= 0.3 is 0 Å². The lowest BCUT2D eigenvalue weighted by atomic mass is 9.78. The summed E-state index contributed by atoms with van der Waals surface area (Å²) < 4.78 is 0. The first-order chi connectivity index (χ1) is 8.33. The highest BCUT2D eigenvalue weighted by molar-refractivity contribution is 7.07. The van der Waals surface area contributed by atoms with E-state index in [0.29, 0.717) is 6.04 Å². The van der Waals surface area contributed by atoms with E-state index in [1.54, 1.807) is 11.3 Å². The third-order valence-corrected chi connectivity index (χ3v) is 5.26. The van der Waals surface area contributed by atoms with Crippen molar-refractivity contribution in [3.8, 4) is 0 Å². The highest BCUT2D eigenvalue weighted by Gasteiger charge is 2.38. The van der Waals surface area contributed by atoms with Crippen LogP contribution >= 0.6 is 11.3 Å². The molecule has 3 atom stereocenters. The van der Waals surface area contributed by atoms with Crippen LogP contribution in [0.3, 0.4) is 0 Å². The van der Waals surface area contributed by atoms with Crippen molar-refractivity contribution in [1.82, 2.24) is 4.90 Å². The van der Waals surface area contributed by atoms with E-state index in [4.69, 9.17) is 5.73 Å². The van der Waals surface area contributed by atoms with Crippen LogP contribution in [0.15, 0.2) is 16.8 Å². The molecule has 0 radical (unpaired) electrons. The van der Waals surface area contributed by atoms with Crippen molar-refractivity contribution in [2.45, 2.75) is 31.7 Å². The topological polar surface area (TPSA) is 29.3 Å². The highest BCUT2D eigenvalue weighted by Crippen LogP contribution is 2.35. The van der Waals surface area contributed by atoms with Gasteiger partial charge in [0.05, 0.1) is 0 Å². The lowest BCUT2D eigenvalue weighted by molar-refractivity contribution is 0.259. The van der Waals surface area contributed by atoms with Gasteiger partial charge in [0.1, 0.15) is 0 Å². The number of rotatable bonds is 3. The van der Waals surface area contributed by atoms with Crippen molar-refractivity contribution in [3.05, 3.63) is 22.4 Å². The molecule has 2 aliphatic rings. The van der Waals surface area contributed by atoms with Gasteiger partial charge < -0.3 is 10.6 Å². The van der Waals surface area contributed by atoms with Gasteiger partial charge in [-0.25, -0.2) is 0 Å². The summed E-state index contributed by atoms with van der Waals surface area (Å²) in [6.07, 6.45) is 5.21. The normalized spacial score (nSPS) is 33.8. The zero-order valence-corrected chi connectivity index (χ0v) is 11.2. The van der Waals surface area contributed by atoms with E-state index in [9.17, 15) is 0 Å². The van der Waals surface area contributed by atoms with Crippen molar-refractivity contribution in [1.29, 1.82) is 0 Å². The van der Waals surface area contributed by atoms with Crippen LogP contribution in [0, 0.1) is 11.8 Å². The van der Waals surface area contributed by atoms with Gasteiger partial charge in [0.15, 0.2) is 0 Å². The molecular weight excluding hydrogens is 228 g/mol. The van der Waals surface area contributed by atoms with Crippen molar-refractivity contribution in [2.24, 2.45) is 17.6 Å². The molecule has 2 nitrogen and oxygen atoms in total. The Labute approximate surface area is 108 Å². The zero-order valence-electron chi connectivity index (χ0n) is 10.3. The fraction of sp³-hybridized carbons (Fsp3) is 0.714. The summed E-state index contributed by atoms with van der Waals surface area (Å²) in [6, 6.07) is 2.72. The van der Waals surface area contributed by atoms with E-state index >= 15 is 0 Å². The first-order valence-electron chi connectivity index (χ1n) is 6.82. The summed E-state index contributed by atoms with van der Waals surface area (Å²) in [5.41, 5.74) is 7.74. The van der Waals surface area contributed by atoms with E-state index in [1.807, 2.05) is 0 Å². The van der Waals surface area contributed by atoms with Crippen molar-refractivity contribution >= 4 is 11.3 Å². The number of fused-ring (bicyclic) bond motifs is 1. The molecule has 1 saturated carbocycles. The lowest BCUT2D eigenvalue weighted by Crippen LogP contribution is -2.38. The maximum Gasteiger partial charge on any atom is 0.00825 e. The van der Waals surface area contributed by atoms with E-state index < -0.39 is 0 Å². The number of hydrogen-bond acceptors (Lipinski definition) is 3. The summed E-state index contributed by atoms with van der Waals surface area (Å²) in [5, 5.41) is 4.45. The Hall–Kier alpha value is -0.380. The van der Waals surface area contributed by atoms with Crippen molar-refractivity contribution < 1.29 is 0 Å². The molecule has 0 spiro atoms. The largest absolute Gasteiger partial charge is 0.327 e. The lowest BCUT2D eigenvalue weighted by Gasteiger charge is -2.29. The molecule has 2 N–H and O–H groups in total. The molecule has 0 aromatic carbocycles. The van der Waals surface area contributed by atoms with Gasteiger partial charge in [0.2, 0.25) is 0 Å². The average Bonchev–Trinajstić information content (AvgIpc) is 2.95. The molecular formula is C14H22N2S. The summed E-state index contributed by atoms with van der Waals surface area (Å²) in [7, 11) is 0. The molecule has 1 aromatic heterocycles. The van der Waals surface area contributed by atoms with Gasteiger partial charge in [0.25, 0.3) is 0 Å². The molecule has 1 aliphatic carbocycles. The van der Waals surface area contributed by atoms with Gasteiger partial charge in [0, 0.05) is 25.7 Å². The second kappa shape index (κ2) is 5.09. The van der Waals surface area contributed by atoms with Crippen LogP contribution in [-0.4, -0.2) is 30.6 Å². The number of thiophene rings is 1. The summed E-state index contributed by atoms with van der Waals surface area (Å²) >= 11 is 1.80. The zero-order chi connectivity index (χ0) is 11.7. The maximum atomic E-state index is 6.25. The molecule has 3 heteroatoms. The maximum absolute atomic E-state index is 6.25. The van der Waals surface area contributed by atoms with Crippen LogP contribution in [0.5, 0.6) is 0 Å². The third kappa shape index (κ3) is 2.56. The Kier molecular flexibility index (Phi) is 3.50. The molecule has 1 aromatic rings. The number of likely N-dealkylation sites (tertiary alicyclic amines) is 1. The predicted octanol–water partition coefficient (Wildman–Crippen LogP) is 2.35. The minimum absolute atomic E-state index is 0.472. The van der Waals surface area contributed by atoms with Crippen LogP contribution in [0.2, 0.25) is 0 Å². The van der Waals surface area contributed by atoms with Crippen molar-refractivity contribution in [2.75, 3.05) is 19.6 Å². The van der Waals surface area contributed by atoms with Crippen LogP contribution in [0.4, 0.5) is 0 Å². The van der Waals surface area contributed by atoms with E-state index in [-0.39, 0.29) is 0 Å². The Morgan fingerprint density at radius 2 is 2.29 bits per heavy atom. The Bertz CT molecular complexity index is 349. The molecule has 3 unspecified atom stereocenters. The molecule has 3 rings (SSSR count). The monoisotopic (exact) mass is 250 g/mol. The molecule has 1 aliphatic heterocycles. The first-order valence-corrected chi connectivity index (χ1v) is 7.76. The number of nitrogens with zero attached hydrogens (tertiary/aromatic N) is 1. The van der Waals surface area contributed by atoms with Gasteiger partial charge in [-0.3, -0.25) is 0 Å². The smallest absolute Gasteiger partial charge is 0.00825 e. The van der Waals surface area contributed by atoms with Crippen LogP contribution in [-0.2, 0) is 6.42 Å². The molecule has 0 bridgehead atoms. The Balaban J connectivity index is 1.53. The van der Waals surface area contributed by atoms with Crippen LogP contribution in [0.25, 0.3) is 0 Å². The molecule has 1 saturated heterocycles. The Morgan fingerprint density at radius 3 is 3.06 bits per heavy atom. The Morgan fingerprint density at radius 1 is 1.35 bits per heavy atom. The SMILES string of the molecule is NC1CCCC2CN(CCc3ccsc3)CC12. The van der Waals surface area contributed by atoms with Gasteiger partial charge in [-0.05, 0) is 53.5 Å². The molecule has 17 heavy (non-hydrogen) atoms. The molecule has 0 amide bonds. The minimum Gasteiger partial charge on any atom is -0.327 e. The molecule has 2 fully saturated rings. The first kappa shape index (κ1) is 11.7. The third-order valence-electron chi connectivity index (χ3n) is 4.53. The van der Waals surface area contributed by atoms with E-state index in [0.717, 1.165) is 11.8 Å². The summed E-state index contributed by atoms with van der Waals surface area (Å²) in [4.78, 5) is 2.64. The quantitative estimate of drug-likeness (QED) is 0.892. The number of nitrogens with two attached hydrogens (primary N) is 1. The highest BCUT2D eigenvalue weighted by atomic mass is 32.1. The second-order valence-electron chi connectivity index (χ2n) is 5.66. The average molecular weight is 250 g/mol. The fourth-order valence-corrected chi connectivity index (χ4v) is 4.22. The second-order valence-corrected chi connectivity index (χ2v) is 6.44. The van der Waals surface area contributed by atoms with Crippen LogP contribution in [0.1, 0.15) is 24.8 Å². The fourth-order valence-electron chi connectivity index (χ4n) is 3.51. The van der Waals surface area contributed by atoms with Crippen LogP contribution < -0.4 is 5.73 Å². The van der Waals surface area contributed by atoms with E-state index in [1.165, 1.54) is 50.9 Å². The predicted molar refractivity (Wildman–Crippen MR) is 73.3 cm³/mol. The summed E-state index contributed by atoms with van der Waals surface area (Å²) in [6.45, 7) is 3.76. The summed E-state index contributed by atoms with van der Waals surface area (Å²) in [5.74, 6) is 1.67. The minimum atomic E-state index is 0.472. The standard InChI is InChI=1S/C14H22N2S/c15-14-3-1-2-12-8-16(9-13(12)14)6-4-11-5-7-17-10-11/h5,7,10,12-14H,1-4,6,8-9,15H2.